The molecule has 1 heteroatoms. The highest BCUT2D eigenvalue weighted by Crippen LogP contribution is 2.32. The molecular formula is C14H14S. The van der Waals surface area contributed by atoms with E-state index in [0.29, 0.717) is 0 Å². The summed E-state index contributed by atoms with van der Waals surface area (Å²) in [4.78, 5) is 1.37. The predicted molar refractivity (Wildman–Crippen MR) is 70.5 cm³/mol. The number of thiophene rings is 1. The summed E-state index contributed by atoms with van der Waals surface area (Å²) < 4.78 is 1.37. The molecule has 2 aromatic rings. The topological polar surface area (TPSA) is 0 Å². The Balaban J connectivity index is 2.68. The minimum Gasteiger partial charge on any atom is -0.140 e. The average Bonchev–Trinajstić information content (AvgIpc) is 2.50. The van der Waals surface area contributed by atoms with Crippen LogP contribution in [0.5, 0.6) is 0 Å². The Labute approximate surface area is 94.6 Å². The van der Waals surface area contributed by atoms with E-state index in [-0.39, 0.29) is 0 Å². The normalized spacial score (nSPS) is 11.3. The molecule has 0 saturated carbocycles. The molecule has 0 atom stereocenters. The number of aryl methyl sites for hydroxylation is 2. The monoisotopic (exact) mass is 214 g/mol. The van der Waals surface area contributed by atoms with Gasteiger partial charge in [0.1, 0.15) is 0 Å². The molecule has 0 bridgehead atoms. The highest BCUT2D eigenvalue weighted by molar-refractivity contribution is 7.19. The number of hydrogen-bond donors (Lipinski definition) is 0. The van der Waals surface area contributed by atoms with Crippen LogP contribution in [0.25, 0.3) is 16.2 Å². The van der Waals surface area contributed by atoms with E-state index in [2.05, 4.69) is 44.7 Å². The highest BCUT2D eigenvalue weighted by Gasteiger charge is 2.05. The van der Waals surface area contributed by atoms with Crippen molar-refractivity contribution in [2.45, 2.75) is 13.8 Å². The van der Waals surface area contributed by atoms with Gasteiger partial charge in [-0.05, 0) is 36.4 Å². The van der Waals surface area contributed by atoms with E-state index in [4.69, 9.17) is 0 Å². The Morgan fingerprint density at radius 1 is 1.27 bits per heavy atom. The summed E-state index contributed by atoms with van der Waals surface area (Å²) in [5.74, 6) is 0. The first-order valence-electron chi connectivity index (χ1n) is 5.01. The third-order valence-electron chi connectivity index (χ3n) is 2.47. The first-order chi connectivity index (χ1) is 7.22. The molecule has 2 rings (SSSR count). The van der Waals surface area contributed by atoms with E-state index in [1.54, 1.807) is 0 Å². The largest absolute Gasteiger partial charge is 0.140 e. The second-order valence-electron chi connectivity index (χ2n) is 3.67. The van der Waals surface area contributed by atoms with Crippen LogP contribution in [-0.2, 0) is 0 Å². The van der Waals surface area contributed by atoms with Crippen LogP contribution in [0.1, 0.15) is 16.0 Å². The lowest BCUT2D eigenvalue weighted by molar-refractivity contribution is 1.51. The third kappa shape index (κ3) is 1.88. The predicted octanol–water partition coefficient (Wildman–Crippen LogP) is 4.72. The molecule has 0 aliphatic heterocycles. The van der Waals surface area contributed by atoms with Gasteiger partial charge in [0.25, 0.3) is 0 Å². The summed E-state index contributed by atoms with van der Waals surface area (Å²) in [7, 11) is 0. The minimum atomic E-state index is 1.32. The summed E-state index contributed by atoms with van der Waals surface area (Å²) in [6.07, 6.45) is 5.95. The maximum absolute atomic E-state index is 3.70. The van der Waals surface area contributed by atoms with Gasteiger partial charge in [0.15, 0.2) is 0 Å². The molecule has 0 radical (unpaired) electrons. The molecule has 76 valence electrons. The van der Waals surface area contributed by atoms with Crippen molar-refractivity contribution in [3.63, 3.8) is 0 Å². The van der Waals surface area contributed by atoms with Crippen molar-refractivity contribution < 1.29 is 0 Å². The first kappa shape index (κ1) is 10.2. The SMILES string of the molecule is C=C/C=C\c1c(C)sc2cc(C)ccc12. The molecule has 1 aromatic carbocycles. The summed E-state index contributed by atoms with van der Waals surface area (Å²) in [6, 6.07) is 6.62. The fraction of sp³-hybridized carbons (Fsp3) is 0.143. The van der Waals surface area contributed by atoms with E-state index in [1.807, 2.05) is 23.5 Å². The number of hydrogen-bond acceptors (Lipinski definition) is 1. The number of fused-ring (bicyclic) bond motifs is 1. The molecule has 0 nitrogen and oxygen atoms in total. The summed E-state index contributed by atoms with van der Waals surface area (Å²) in [5, 5.41) is 1.35. The zero-order valence-electron chi connectivity index (χ0n) is 9.08. The Morgan fingerprint density at radius 3 is 2.80 bits per heavy atom. The quantitative estimate of drug-likeness (QED) is 0.635. The fourth-order valence-corrected chi connectivity index (χ4v) is 2.87. The standard InChI is InChI=1S/C14H14S/c1-4-5-6-12-11(3)15-14-9-10(2)7-8-13(12)14/h4-9H,1H2,2-3H3/b6-5-. The maximum Gasteiger partial charge on any atom is 0.0354 e. The lowest BCUT2D eigenvalue weighted by Crippen LogP contribution is -1.73. The molecule has 0 N–H and O–H groups in total. The van der Waals surface area contributed by atoms with Gasteiger partial charge in [-0.2, -0.15) is 0 Å². The van der Waals surface area contributed by atoms with Gasteiger partial charge in [0.05, 0.1) is 0 Å². The van der Waals surface area contributed by atoms with Gasteiger partial charge in [-0.3, -0.25) is 0 Å². The molecule has 1 heterocycles. The van der Waals surface area contributed by atoms with E-state index in [0.717, 1.165) is 0 Å². The zero-order chi connectivity index (χ0) is 10.8. The fourth-order valence-electron chi connectivity index (χ4n) is 1.72. The van der Waals surface area contributed by atoms with Crippen molar-refractivity contribution in [3.8, 4) is 0 Å². The first-order valence-corrected chi connectivity index (χ1v) is 5.83. The van der Waals surface area contributed by atoms with Crippen molar-refractivity contribution in [1.82, 2.24) is 0 Å². The summed E-state index contributed by atoms with van der Waals surface area (Å²) in [6.45, 7) is 8.00. The molecule has 0 amide bonds. The van der Waals surface area contributed by atoms with Gasteiger partial charge in [-0.15, -0.1) is 11.3 Å². The Bertz CT molecular complexity index is 530. The lowest BCUT2D eigenvalue weighted by Gasteiger charge is -1.94. The number of benzene rings is 1. The Morgan fingerprint density at radius 2 is 2.07 bits per heavy atom. The van der Waals surface area contributed by atoms with Crippen molar-refractivity contribution in [1.29, 1.82) is 0 Å². The maximum atomic E-state index is 3.70. The van der Waals surface area contributed by atoms with Crippen LogP contribution < -0.4 is 0 Å². The van der Waals surface area contributed by atoms with Gasteiger partial charge in [0.2, 0.25) is 0 Å². The van der Waals surface area contributed by atoms with Crippen LogP contribution in [0.15, 0.2) is 36.9 Å². The molecule has 0 unspecified atom stereocenters. The summed E-state index contributed by atoms with van der Waals surface area (Å²) in [5.41, 5.74) is 2.65. The minimum absolute atomic E-state index is 1.32. The summed E-state index contributed by atoms with van der Waals surface area (Å²) >= 11 is 1.86. The van der Waals surface area contributed by atoms with E-state index >= 15 is 0 Å². The van der Waals surface area contributed by atoms with Gasteiger partial charge < -0.3 is 0 Å². The zero-order valence-corrected chi connectivity index (χ0v) is 9.90. The van der Waals surface area contributed by atoms with E-state index in [9.17, 15) is 0 Å². The van der Waals surface area contributed by atoms with Crippen LogP contribution in [0, 0.1) is 13.8 Å². The molecule has 0 aliphatic rings. The molecule has 0 aliphatic carbocycles. The smallest absolute Gasteiger partial charge is 0.0354 e. The molecular weight excluding hydrogens is 200 g/mol. The Hall–Kier alpha value is -1.34. The van der Waals surface area contributed by atoms with Crippen molar-refractivity contribution in [2.75, 3.05) is 0 Å². The van der Waals surface area contributed by atoms with Gasteiger partial charge >= 0.3 is 0 Å². The van der Waals surface area contributed by atoms with E-state index < -0.39 is 0 Å². The van der Waals surface area contributed by atoms with Crippen LogP contribution >= 0.6 is 11.3 Å². The van der Waals surface area contributed by atoms with Crippen LogP contribution in [0.3, 0.4) is 0 Å². The highest BCUT2D eigenvalue weighted by atomic mass is 32.1. The second-order valence-corrected chi connectivity index (χ2v) is 4.92. The van der Waals surface area contributed by atoms with E-state index in [1.165, 1.54) is 26.1 Å². The van der Waals surface area contributed by atoms with Crippen LogP contribution in [0.2, 0.25) is 0 Å². The molecule has 0 spiro atoms. The lowest BCUT2D eigenvalue weighted by atomic mass is 10.1. The Kier molecular flexibility index (Phi) is 2.74. The van der Waals surface area contributed by atoms with Crippen LogP contribution in [0.4, 0.5) is 0 Å². The van der Waals surface area contributed by atoms with Crippen molar-refractivity contribution in [2.24, 2.45) is 0 Å². The van der Waals surface area contributed by atoms with Gasteiger partial charge in [0, 0.05) is 9.58 Å². The second kappa shape index (κ2) is 4.03. The number of allylic oxidation sites excluding steroid dienone is 2. The van der Waals surface area contributed by atoms with Crippen LogP contribution in [-0.4, -0.2) is 0 Å². The molecule has 1 aromatic heterocycles. The molecule has 0 saturated heterocycles. The molecule has 15 heavy (non-hydrogen) atoms. The van der Waals surface area contributed by atoms with Gasteiger partial charge in [-0.1, -0.05) is 36.9 Å². The third-order valence-corrected chi connectivity index (χ3v) is 3.55. The average molecular weight is 214 g/mol. The molecule has 0 fully saturated rings. The van der Waals surface area contributed by atoms with Crippen molar-refractivity contribution in [3.05, 3.63) is 52.9 Å². The van der Waals surface area contributed by atoms with Gasteiger partial charge in [-0.25, -0.2) is 0 Å². The van der Waals surface area contributed by atoms with Crippen molar-refractivity contribution >= 4 is 27.5 Å². The number of rotatable bonds is 2.